The van der Waals surface area contributed by atoms with E-state index in [1.165, 1.54) is 23.9 Å². The Morgan fingerprint density at radius 3 is 2.86 bits per heavy atom. The molecule has 0 radical (unpaired) electrons. The molecule has 2 aromatic heterocycles. The van der Waals surface area contributed by atoms with Gasteiger partial charge in [-0.2, -0.15) is 16.9 Å². The number of thioether (sulfide) groups is 1. The van der Waals surface area contributed by atoms with E-state index in [1.54, 1.807) is 11.8 Å². The molecule has 1 N–H and O–H groups in total. The number of carboxylic acid groups (broad SMARTS) is 1. The topological polar surface area (TPSA) is 94.3 Å². The number of pyridine rings is 1. The van der Waals surface area contributed by atoms with Crippen LogP contribution in [0.3, 0.4) is 0 Å². The van der Waals surface area contributed by atoms with Crippen LogP contribution >= 0.6 is 11.8 Å². The zero-order valence-electron chi connectivity index (χ0n) is 12.2. The van der Waals surface area contributed by atoms with Crippen LogP contribution in [-0.2, 0) is 7.05 Å². The Hall–Kier alpha value is -2.09. The molecule has 8 heteroatoms. The average Bonchev–Trinajstić information content (AvgIpc) is 3.29. The van der Waals surface area contributed by atoms with Crippen LogP contribution < -0.4 is 10.3 Å². The molecule has 0 saturated heterocycles. The van der Waals surface area contributed by atoms with Crippen LogP contribution in [0.2, 0.25) is 0 Å². The van der Waals surface area contributed by atoms with Gasteiger partial charge in [0.05, 0.1) is 6.20 Å². The lowest BCUT2D eigenvalue weighted by Gasteiger charge is -2.15. The van der Waals surface area contributed by atoms with E-state index in [2.05, 4.69) is 10.2 Å². The summed E-state index contributed by atoms with van der Waals surface area (Å²) in [6, 6.07) is 1.31. The number of carbonyl (C=O) groups is 1. The molecule has 22 heavy (non-hydrogen) atoms. The number of rotatable bonds is 5. The van der Waals surface area contributed by atoms with Gasteiger partial charge in [-0.05, 0) is 25.2 Å². The van der Waals surface area contributed by atoms with Gasteiger partial charge >= 0.3 is 5.97 Å². The van der Waals surface area contributed by atoms with Crippen molar-refractivity contribution in [2.24, 2.45) is 7.05 Å². The average molecular weight is 321 g/mol. The highest BCUT2D eigenvalue weighted by atomic mass is 32.2. The standard InChI is InChI=1S/C14H15N3O4S/c1-17-10-8(5-9(12(17)18)13(19)20)6-15-16-11(10)21-7-14(22-2)3-4-14/h5-6H,3-4,7H2,1-2H3,(H,19,20). The fraction of sp³-hybridized carbons (Fsp3) is 0.429. The second kappa shape index (κ2) is 5.28. The number of nitrogens with zero attached hydrogens (tertiary/aromatic N) is 3. The number of aromatic carboxylic acids is 1. The van der Waals surface area contributed by atoms with Crippen molar-refractivity contribution in [2.75, 3.05) is 12.9 Å². The lowest BCUT2D eigenvalue weighted by atomic mass is 10.2. The number of aromatic nitrogens is 3. The van der Waals surface area contributed by atoms with Gasteiger partial charge in [-0.15, -0.1) is 5.10 Å². The third-order valence-corrected chi connectivity index (χ3v) is 5.33. The van der Waals surface area contributed by atoms with Gasteiger partial charge in [0, 0.05) is 17.2 Å². The van der Waals surface area contributed by atoms with Crippen molar-refractivity contribution in [2.45, 2.75) is 17.6 Å². The van der Waals surface area contributed by atoms with E-state index >= 15 is 0 Å². The Kier molecular flexibility index (Phi) is 3.56. The van der Waals surface area contributed by atoms with Crippen molar-refractivity contribution in [1.82, 2.24) is 14.8 Å². The van der Waals surface area contributed by atoms with Gasteiger partial charge in [-0.3, -0.25) is 4.79 Å². The third-order valence-electron chi connectivity index (χ3n) is 3.93. The SMILES string of the molecule is CSC1(COc2nncc3cc(C(=O)O)c(=O)n(C)c23)CC1. The summed E-state index contributed by atoms with van der Waals surface area (Å²) in [6.45, 7) is 0.497. The molecule has 116 valence electrons. The highest BCUT2D eigenvalue weighted by Gasteiger charge is 2.43. The Morgan fingerprint density at radius 2 is 2.27 bits per heavy atom. The lowest BCUT2D eigenvalue weighted by molar-refractivity contribution is 0.0694. The summed E-state index contributed by atoms with van der Waals surface area (Å²) in [6.07, 6.45) is 5.65. The molecule has 0 aliphatic heterocycles. The first-order valence-electron chi connectivity index (χ1n) is 6.74. The Labute approximate surface area is 130 Å². The summed E-state index contributed by atoms with van der Waals surface area (Å²) in [5, 5.41) is 17.4. The van der Waals surface area contributed by atoms with Crippen molar-refractivity contribution in [1.29, 1.82) is 0 Å². The number of aryl methyl sites for hydroxylation is 1. The monoisotopic (exact) mass is 321 g/mol. The predicted molar refractivity (Wildman–Crippen MR) is 82.7 cm³/mol. The van der Waals surface area contributed by atoms with Crippen molar-refractivity contribution < 1.29 is 14.6 Å². The first kappa shape index (κ1) is 14.8. The van der Waals surface area contributed by atoms with E-state index in [-0.39, 0.29) is 16.2 Å². The van der Waals surface area contributed by atoms with Gasteiger partial charge in [-0.25, -0.2) is 4.79 Å². The highest BCUT2D eigenvalue weighted by Crippen LogP contribution is 2.47. The summed E-state index contributed by atoms with van der Waals surface area (Å²) >= 11 is 1.76. The third kappa shape index (κ3) is 2.43. The molecule has 1 aliphatic carbocycles. The Balaban J connectivity index is 2.06. The predicted octanol–water partition coefficient (Wildman–Crippen LogP) is 1.30. The summed E-state index contributed by atoms with van der Waals surface area (Å²) < 4.78 is 7.15. The number of carboxylic acids is 1. The quantitative estimate of drug-likeness (QED) is 0.887. The van der Waals surface area contributed by atoms with E-state index < -0.39 is 11.5 Å². The molecule has 0 atom stereocenters. The molecule has 0 unspecified atom stereocenters. The zero-order valence-corrected chi connectivity index (χ0v) is 13.0. The van der Waals surface area contributed by atoms with E-state index in [4.69, 9.17) is 9.84 Å². The Bertz CT molecular complexity index is 814. The number of ether oxygens (including phenoxy) is 1. The minimum Gasteiger partial charge on any atom is -0.477 e. The molecule has 3 rings (SSSR count). The maximum Gasteiger partial charge on any atom is 0.341 e. The Morgan fingerprint density at radius 1 is 1.55 bits per heavy atom. The van der Waals surface area contributed by atoms with Crippen molar-refractivity contribution >= 4 is 28.6 Å². The van der Waals surface area contributed by atoms with Crippen LogP contribution in [0.25, 0.3) is 10.9 Å². The molecule has 1 fully saturated rings. The van der Waals surface area contributed by atoms with E-state index in [1.807, 2.05) is 6.26 Å². The summed E-state index contributed by atoms with van der Waals surface area (Å²) in [4.78, 5) is 23.2. The summed E-state index contributed by atoms with van der Waals surface area (Å²) in [5.74, 6) is -1.00. The summed E-state index contributed by atoms with van der Waals surface area (Å²) in [7, 11) is 1.51. The molecule has 0 bridgehead atoms. The van der Waals surface area contributed by atoms with Crippen molar-refractivity contribution in [3.8, 4) is 5.88 Å². The molecule has 0 amide bonds. The highest BCUT2D eigenvalue weighted by molar-refractivity contribution is 8.00. The van der Waals surface area contributed by atoms with Gasteiger partial charge in [0.2, 0.25) is 0 Å². The fourth-order valence-electron chi connectivity index (χ4n) is 2.31. The summed E-state index contributed by atoms with van der Waals surface area (Å²) in [5.41, 5.74) is -0.428. The van der Waals surface area contributed by atoms with Gasteiger partial charge in [0.15, 0.2) is 0 Å². The minimum absolute atomic E-state index is 0.129. The van der Waals surface area contributed by atoms with Crippen LogP contribution in [0.4, 0.5) is 0 Å². The van der Waals surface area contributed by atoms with Crippen molar-refractivity contribution in [3.05, 3.63) is 28.2 Å². The minimum atomic E-state index is -1.26. The van der Waals surface area contributed by atoms with Crippen LogP contribution in [0.5, 0.6) is 5.88 Å². The maximum absolute atomic E-state index is 12.1. The largest absolute Gasteiger partial charge is 0.477 e. The van der Waals surface area contributed by atoms with Gasteiger partial charge in [-0.1, -0.05) is 0 Å². The van der Waals surface area contributed by atoms with E-state index in [0.29, 0.717) is 17.5 Å². The van der Waals surface area contributed by atoms with Gasteiger partial charge < -0.3 is 14.4 Å². The van der Waals surface area contributed by atoms with E-state index in [9.17, 15) is 9.59 Å². The normalized spacial score (nSPS) is 15.7. The molecule has 0 spiro atoms. The first-order valence-corrected chi connectivity index (χ1v) is 7.96. The fourth-order valence-corrected chi connectivity index (χ4v) is 3.00. The van der Waals surface area contributed by atoms with Crippen LogP contribution in [-0.4, -0.2) is 43.4 Å². The molecule has 7 nitrogen and oxygen atoms in total. The van der Waals surface area contributed by atoms with E-state index in [0.717, 1.165) is 12.8 Å². The molecule has 0 aromatic carbocycles. The van der Waals surface area contributed by atoms with Gasteiger partial charge in [0.1, 0.15) is 17.7 Å². The molecular weight excluding hydrogens is 306 g/mol. The molecule has 2 aromatic rings. The second-order valence-corrected chi connectivity index (χ2v) is 6.63. The smallest absolute Gasteiger partial charge is 0.341 e. The van der Waals surface area contributed by atoms with Crippen molar-refractivity contribution in [3.63, 3.8) is 0 Å². The molecule has 2 heterocycles. The molecular formula is C14H15N3O4S. The van der Waals surface area contributed by atoms with Crippen LogP contribution in [0.15, 0.2) is 17.1 Å². The molecule has 1 saturated carbocycles. The number of hydrogen-bond donors (Lipinski definition) is 1. The lowest BCUT2D eigenvalue weighted by Crippen LogP contribution is -2.25. The van der Waals surface area contributed by atoms with Gasteiger partial charge in [0.25, 0.3) is 11.4 Å². The first-order chi connectivity index (χ1) is 10.5. The second-order valence-electron chi connectivity index (χ2n) is 5.36. The maximum atomic E-state index is 12.1. The zero-order chi connectivity index (χ0) is 15.9. The number of fused-ring (bicyclic) bond motifs is 1. The number of hydrogen-bond acceptors (Lipinski definition) is 6. The van der Waals surface area contributed by atoms with Crippen LogP contribution in [0.1, 0.15) is 23.2 Å². The van der Waals surface area contributed by atoms with Crippen LogP contribution in [0, 0.1) is 0 Å². The molecule has 1 aliphatic rings.